The van der Waals surface area contributed by atoms with Crippen LogP contribution in [-0.4, -0.2) is 53.2 Å². The summed E-state index contributed by atoms with van der Waals surface area (Å²) in [6.45, 7) is 5.35. The molecule has 2 amide bonds. The Hall–Kier alpha value is -1.14. The predicted octanol–water partition coefficient (Wildman–Crippen LogP) is 0.667. The van der Waals surface area contributed by atoms with Crippen molar-refractivity contribution >= 4 is 11.8 Å². The molecule has 6 nitrogen and oxygen atoms in total. The molecule has 0 aromatic heterocycles. The van der Waals surface area contributed by atoms with Crippen LogP contribution >= 0.6 is 0 Å². The third kappa shape index (κ3) is 4.68. The third-order valence-corrected chi connectivity index (χ3v) is 4.69. The number of aliphatic hydroxyl groups is 1. The number of amides is 2. The lowest BCUT2D eigenvalue weighted by Gasteiger charge is -2.34. The molecule has 3 N–H and O–H groups in total. The van der Waals surface area contributed by atoms with Crippen LogP contribution in [0.5, 0.6) is 0 Å². The van der Waals surface area contributed by atoms with Crippen LogP contribution in [-0.2, 0) is 14.3 Å². The number of rotatable bonds is 5. The first-order valence-corrected chi connectivity index (χ1v) is 8.17. The minimum atomic E-state index is -0.958. The lowest BCUT2D eigenvalue weighted by Crippen LogP contribution is -2.42. The molecule has 22 heavy (non-hydrogen) atoms. The van der Waals surface area contributed by atoms with Gasteiger partial charge in [-0.1, -0.05) is 0 Å². The Morgan fingerprint density at radius 1 is 1.27 bits per heavy atom. The van der Waals surface area contributed by atoms with E-state index in [0.29, 0.717) is 25.6 Å². The summed E-state index contributed by atoms with van der Waals surface area (Å²) >= 11 is 0. The molecule has 0 radical (unpaired) electrons. The highest BCUT2D eigenvalue weighted by Crippen LogP contribution is 2.31. The van der Waals surface area contributed by atoms with Crippen molar-refractivity contribution in [2.75, 3.05) is 19.7 Å². The van der Waals surface area contributed by atoms with E-state index < -0.39 is 5.60 Å². The summed E-state index contributed by atoms with van der Waals surface area (Å²) in [5, 5.41) is 9.73. The number of hydrogen-bond acceptors (Lipinski definition) is 4. The summed E-state index contributed by atoms with van der Waals surface area (Å²) in [7, 11) is 0. The molecule has 126 valence electrons. The number of piperidine rings is 1. The minimum Gasteiger partial charge on any atom is -0.390 e. The molecule has 0 unspecified atom stereocenters. The van der Waals surface area contributed by atoms with Gasteiger partial charge < -0.3 is 20.5 Å². The van der Waals surface area contributed by atoms with Crippen molar-refractivity contribution < 1.29 is 19.4 Å². The van der Waals surface area contributed by atoms with E-state index in [1.807, 2.05) is 4.90 Å². The number of nitrogens with zero attached hydrogens (tertiary/aromatic N) is 1. The van der Waals surface area contributed by atoms with E-state index >= 15 is 0 Å². The number of hydrogen-bond donors (Lipinski definition) is 2. The summed E-state index contributed by atoms with van der Waals surface area (Å²) in [6, 6.07) is 0. The Kier molecular flexibility index (Phi) is 5.45. The Morgan fingerprint density at radius 3 is 2.45 bits per heavy atom. The van der Waals surface area contributed by atoms with Gasteiger partial charge >= 0.3 is 0 Å². The Morgan fingerprint density at radius 2 is 1.91 bits per heavy atom. The van der Waals surface area contributed by atoms with Gasteiger partial charge in [-0.15, -0.1) is 0 Å². The van der Waals surface area contributed by atoms with E-state index in [4.69, 9.17) is 10.5 Å². The van der Waals surface area contributed by atoms with E-state index in [0.717, 1.165) is 25.7 Å². The molecule has 2 rings (SSSR count). The molecule has 2 aliphatic rings. The Bertz CT molecular complexity index is 411. The molecular weight excluding hydrogens is 284 g/mol. The van der Waals surface area contributed by atoms with Crippen molar-refractivity contribution in [3.8, 4) is 0 Å². The van der Waals surface area contributed by atoms with Crippen LogP contribution in [0.1, 0.15) is 46.0 Å². The highest BCUT2D eigenvalue weighted by atomic mass is 16.5. The Labute approximate surface area is 132 Å². The molecule has 2 atom stereocenters. The molecular formula is C16H28N2O4. The van der Waals surface area contributed by atoms with Gasteiger partial charge in [-0.3, -0.25) is 9.59 Å². The third-order valence-electron chi connectivity index (χ3n) is 4.69. The second-order valence-electron chi connectivity index (χ2n) is 7.26. The number of primary amides is 1. The maximum absolute atomic E-state index is 12.1. The van der Waals surface area contributed by atoms with Gasteiger partial charge in [0.25, 0.3) is 0 Å². The van der Waals surface area contributed by atoms with E-state index in [2.05, 4.69) is 0 Å². The zero-order valence-electron chi connectivity index (χ0n) is 13.6. The second kappa shape index (κ2) is 6.96. The number of nitrogens with two attached hydrogens (primary N) is 1. The summed E-state index contributed by atoms with van der Waals surface area (Å²) in [5.41, 5.74) is 4.46. The smallest absolute Gasteiger partial charge is 0.225 e. The van der Waals surface area contributed by atoms with Crippen LogP contribution in [0.15, 0.2) is 0 Å². The molecule has 0 aromatic rings. The first-order chi connectivity index (χ1) is 10.3. The van der Waals surface area contributed by atoms with Crippen molar-refractivity contribution in [2.24, 2.45) is 17.6 Å². The summed E-state index contributed by atoms with van der Waals surface area (Å²) in [6.07, 6.45) is 3.52. The average Bonchev–Trinajstić information content (AvgIpc) is 2.86. The van der Waals surface area contributed by atoms with Gasteiger partial charge in [0.05, 0.1) is 24.0 Å². The fraction of sp³-hybridized carbons (Fsp3) is 0.875. The predicted molar refractivity (Wildman–Crippen MR) is 81.9 cm³/mol. The van der Waals surface area contributed by atoms with Crippen molar-refractivity contribution in [2.45, 2.75) is 57.7 Å². The van der Waals surface area contributed by atoms with Gasteiger partial charge in [-0.2, -0.15) is 0 Å². The normalized spacial score (nSPS) is 27.1. The fourth-order valence-corrected chi connectivity index (χ4v) is 3.43. The van der Waals surface area contributed by atoms with Gasteiger partial charge in [0.2, 0.25) is 11.8 Å². The Balaban J connectivity index is 1.78. The average molecular weight is 312 g/mol. The fourth-order valence-electron chi connectivity index (χ4n) is 3.43. The van der Waals surface area contributed by atoms with Crippen LogP contribution in [0.4, 0.5) is 0 Å². The van der Waals surface area contributed by atoms with Crippen LogP contribution < -0.4 is 5.73 Å². The molecule has 0 saturated carbocycles. The molecule has 2 fully saturated rings. The zero-order valence-corrected chi connectivity index (χ0v) is 13.6. The van der Waals surface area contributed by atoms with Crippen molar-refractivity contribution in [3.05, 3.63) is 0 Å². The minimum absolute atomic E-state index is 0.0121. The molecule has 2 saturated heterocycles. The van der Waals surface area contributed by atoms with Gasteiger partial charge in [0.1, 0.15) is 0 Å². The lowest BCUT2D eigenvalue weighted by atomic mass is 9.86. The van der Waals surface area contributed by atoms with E-state index in [9.17, 15) is 14.7 Å². The topological polar surface area (TPSA) is 92.9 Å². The SMILES string of the molecule is CC(C)(O)CC(=O)N1CCC(C[C@H]2OCC[C@H]2C(N)=O)CC1. The first-order valence-electron chi connectivity index (χ1n) is 8.17. The monoisotopic (exact) mass is 312 g/mol. The summed E-state index contributed by atoms with van der Waals surface area (Å²) < 4.78 is 5.66. The number of ether oxygens (including phenoxy) is 1. The van der Waals surface area contributed by atoms with Crippen molar-refractivity contribution in [1.82, 2.24) is 4.90 Å². The van der Waals surface area contributed by atoms with Gasteiger partial charge in [0, 0.05) is 19.7 Å². The number of carbonyl (C=O) groups excluding carboxylic acids is 2. The largest absolute Gasteiger partial charge is 0.390 e. The zero-order chi connectivity index (χ0) is 16.3. The molecule has 2 aliphatic heterocycles. The van der Waals surface area contributed by atoms with Gasteiger partial charge in [-0.25, -0.2) is 0 Å². The molecule has 0 spiro atoms. The maximum Gasteiger partial charge on any atom is 0.225 e. The molecule has 2 heterocycles. The van der Waals surface area contributed by atoms with Crippen molar-refractivity contribution in [1.29, 1.82) is 0 Å². The van der Waals surface area contributed by atoms with Crippen molar-refractivity contribution in [3.63, 3.8) is 0 Å². The quantitative estimate of drug-likeness (QED) is 0.780. The number of likely N-dealkylation sites (tertiary alicyclic amines) is 1. The number of carbonyl (C=O) groups is 2. The van der Waals surface area contributed by atoms with Crippen LogP contribution in [0.25, 0.3) is 0 Å². The van der Waals surface area contributed by atoms with Crippen LogP contribution in [0, 0.1) is 11.8 Å². The van der Waals surface area contributed by atoms with Crippen LogP contribution in [0.3, 0.4) is 0 Å². The highest BCUT2D eigenvalue weighted by Gasteiger charge is 2.35. The van der Waals surface area contributed by atoms with E-state index in [1.165, 1.54) is 0 Å². The van der Waals surface area contributed by atoms with Crippen LogP contribution in [0.2, 0.25) is 0 Å². The lowest BCUT2D eigenvalue weighted by molar-refractivity contribution is -0.136. The maximum atomic E-state index is 12.1. The molecule has 0 aliphatic carbocycles. The summed E-state index contributed by atoms with van der Waals surface area (Å²) in [4.78, 5) is 25.3. The molecule has 0 aromatic carbocycles. The van der Waals surface area contributed by atoms with Gasteiger partial charge in [0.15, 0.2) is 0 Å². The van der Waals surface area contributed by atoms with Gasteiger partial charge in [-0.05, 0) is 45.4 Å². The second-order valence-corrected chi connectivity index (χ2v) is 7.26. The first kappa shape index (κ1) is 17.2. The van der Waals surface area contributed by atoms with E-state index in [1.54, 1.807) is 13.8 Å². The van der Waals surface area contributed by atoms with E-state index in [-0.39, 0.29) is 30.3 Å². The molecule has 0 bridgehead atoms. The summed E-state index contributed by atoms with van der Waals surface area (Å²) in [5.74, 6) is 0.0596. The molecule has 6 heteroatoms. The highest BCUT2D eigenvalue weighted by molar-refractivity contribution is 5.77. The standard InChI is InChI=1S/C16H28N2O4/c1-16(2,21)10-14(19)18-6-3-11(4-7-18)9-13-12(15(17)20)5-8-22-13/h11-13,21H,3-10H2,1-2H3,(H2,17,20)/t12-,13-/m1/s1.